The zero-order valence-electron chi connectivity index (χ0n) is 14.2. The molecule has 0 aliphatic carbocycles. The summed E-state index contributed by atoms with van der Waals surface area (Å²) in [5.41, 5.74) is 0.829. The van der Waals surface area contributed by atoms with Crippen LogP contribution in [0.15, 0.2) is 47.2 Å². The van der Waals surface area contributed by atoms with Gasteiger partial charge in [0.25, 0.3) is 11.8 Å². The highest BCUT2D eigenvalue weighted by atomic mass is 16.3. The molecule has 0 spiro atoms. The molecule has 0 radical (unpaired) electrons. The van der Waals surface area contributed by atoms with E-state index in [1.54, 1.807) is 41.1 Å². The Labute approximate surface area is 145 Å². The van der Waals surface area contributed by atoms with Crippen molar-refractivity contribution >= 4 is 17.3 Å². The molecule has 0 fully saturated rings. The van der Waals surface area contributed by atoms with Crippen molar-refractivity contribution in [3.63, 3.8) is 0 Å². The molecule has 130 valence electrons. The van der Waals surface area contributed by atoms with Gasteiger partial charge in [-0.3, -0.25) is 14.0 Å². The molecule has 7 heteroatoms. The van der Waals surface area contributed by atoms with Crippen molar-refractivity contribution in [1.82, 2.24) is 20.0 Å². The quantitative estimate of drug-likeness (QED) is 0.721. The molecule has 0 saturated carbocycles. The second-order valence-electron chi connectivity index (χ2n) is 5.78. The number of fused-ring (bicyclic) bond motifs is 1. The number of rotatable bonds is 6. The molecule has 2 N–H and O–H groups in total. The van der Waals surface area contributed by atoms with Gasteiger partial charge in [0.2, 0.25) is 5.82 Å². The number of amides is 2. The lowest BCUT2D eigenvalue weighted by atomic mass is 10.2. The molecule has 0 aliphatic rings. The summed E-state index contributed by atoms with van der Waals surface area (Å²) in [6.07, 6.45) is 4.07. The fourth-order valence-electron chi connectivity index (χ4n) is 2.42. The van der Waals surface area contributed by atoms with Crippen molar-refractivity contribution < 1.29 is 14.0 Å². The summed E-state index contributed by atoms with van der Waals surface area (Å²) in [7, 11) is 0. The molecule has 1 unspecified atom stereocenters. The number of aromatic nitrogens is 2. The Morgan fingerprint density at radius 3 is 2.80 bits per heavy atom. The van der Waals surface area contributed by atoms with Crippen LogP contribution in [-0.4, -0.2) is 27.2 Å². The van der Waals surface area contributed by atoms with Crippen LogP contribution in [0.25, 0.3) is 5.52 Å². The van der Waals surface area contributed by atoms with Gasteiger partial charge >= 0.3 is 0 Å². The third kappa shape index (κ3) is 3.55. The van der Waals surface area contributed by atoms with E-state index in [1.807, 2.05) is 19.9 Å². The summed E-state index contributed by atoms with van der Waals surface area (Å²) in [4.78, 5) is 29.3. The number of pyridine rings is 1. The van der Waals surface area contributed by atoms with Gasteiger partial charge in [-0.05, 0) is 37.6 Å². The van der Waals surface area contributed by atoms with E-state index in [1.165, 1.54) is 0 Å². The second-order valence-corrected chi connectivity index (χ2v) is 5.78. The Bertz CT molecular complexity index is 883. The standard InChI is InChI=1S/C18H20N4O3/c1-3-12(2)20-17(23)15-14-8-4-5-9-22(14)16(21-15)18(24)19-11-13-7-6-10-25-13/h4-10,12H,3,11H2,1-2H3,(H,19,24)(H,20,23). The predicted molar refractivity (Wildman–Crippen MR) is 92.3 cm³/mol. The van der Waals surface area contributed by atoms with Gasteiger partial charge in [0.05, 0.1) is 18.3 Å². The first kappa shape index (κ1) is 16.8. The minimum absolute atomic E-state index is 0.0317. The first-order chi connectivity index (χ1) is 12.1. The smallest absolute Gasteiger partial charge is 0.288 e. The average Bonchev–Trinajstić information content (AvgIpc) is 3.27. The number of carbonyl (C=O) groups is 2. The zero-order valence-corrected chi connectivity index (χ0v) is 14.2. The first-order valence-corrected chi connectivity index (χ1v) is 8.18. The molecule has 3 heterocycles. The van der Waals surface area contributed by atoms with Crippen molar-refractivity contribution in [1.29, 1.82) is 0 Å². The molecule has 1 atom stereocenters. The maximum Gasteiger partial charge on any atom is 0.288 e. The summed E-state index contributed by atoms with van der Waals surface area (Å²) in [5, 5.41) is 5.63. The zero-order chi connectivity index (χ0) is 17.8. The van der Waals surface area contributed by atoms with Crippen molar-refractivity contribution in [2.75, 3.05) is 0 Å². The van der Waals surface area contributed by atoms with Gasteiger partial charge in [-0.2, -0.15) is 0 Å². The maximum atomic E-state index is 12.5. The Hall–Kier alpha value is -3.09. The minimum atomic E-state index is -0.375. The van der Waals surface area contributed by atoms with E-state index >= 15 is 0 Å². The van der Waals surface area contributed by atoms with E-state index in [0.29, 0.717) is 11.3 Å². The SMILES string of the molecule is CCC(C)NC(=O)c1nc(C(=O)NCc2ccco2)n2ccccc12. The molecule has 25 heavy (non-hydrogen) atoms. The topological polar surface area (TPSA) is 88.6 Å². The van der Waals surface area contributed by atoms with E-state index in [-0.39, 0.29) is 35.9 Å². The predicted octanol–water partition coefficient (Wildman–Crippen LogP) is 2.39. The van der Waals surface area contributed by atoms with E-state index in [2.05, 4.69) is 15.6 Å². The van der Waals surface area contributed by atoms with Crippen LogP contribution in [-0.2, 0) is 6.54 Å². The number of carbonyl (C=O) groups excluding carboxylic acids is 2. The van der Waals surface area contributed by atoms with Crippen LogP contribution in [0.3, 0.4) is 0 Å². The van der Waals surface area contributed by atoms with Gasteiger partial charge in [0.1, 0.15) is 5.76 Å². The lowest BCUT2D eigenvalue weighted by molar-refractivity contribution is 0.0935. The average molecular weight is 340 g/mol. The van der Waals surface area contributed by atoms with Crippen LogP contribution in [0.4, 0.5) is 0 Å². The summed E-state index contributed by atoms with van der Waals surface area (Å²) in [6, 6.07) is 8.92. The van der Waals surface area contributed by atoms with Crippen LogP contribution in [0.2, 0.25) is 0 Å². The molecule has 0 aromatic carbocycles. The normalized spacial score (nSPS) is 12.1. The lowest BCUT2D eigenvalue weighted by Gasteiger charge is -2.09. The summed E-state index contributed by atoms with van der Waals surface area (Å²) in [6.45, 7) is 4.17. The first-order valence-electron chi connectivity index (χ1n) is 8.18. The van der Waals surface area contributed by atoms with Gasteiger partial charge in [-0.1, -0.05) is 13.0 Å². The molecule has 2 amide bonds. The van der Waals surface area contributed by atoms with Crippen LogP contribution in [0.1, 0.15) is 47.1 Å². The Morgan fingerprint density at radius 2 is 2.08 bits per heavy atom. The highest BCUT2D eigenvalue weighted by Gasteiger charge is 2.22. The van der Waals surface area contributed by atoms with Gasteiger partial charge in [0, 0.05) is 12.2 Å². The highest BCUT2D eigenvalue weighted by Crippen LogP contribution is 2.14. The molecule has 7 nitrogen and oxygen atoms in total. The Balaban J connectivity index is 1.88. The largest absolute Gasteiger partial charge is 0.467 e. The van der Waals surface area contributed by atoms with Crippen molar-refractivity contribution in [2.24, 2.45) is 0 Å². The summed E-state index contributed by atoms with van der Waals surface area (Å²) < 4.78 is 6.81. The molecule has 3 aromatic heterocycles. The highest BCUT2D eigenvalue weighted by molar-refractivity contribution is 6.02. The minimum Gasteiger partial charge on any atom is -0.467 e. The van der Waals surface area contributed by atoms with Crippen molar-refractivity contribution in [2.45, 2.75) is 32.9 Å². The van der Waals surface area contributed by atoms with Crippen LogP contribution >= 0.6 is 0 Å². The molecule has 3 rings (SSSR count). The number of hydrogen-bond acceptors (Lipinski definition) is 4. The third-order valence-corrected chi connectivity index (χ3v) is 3.96. The maximum absolute atomic E-state index is 12.5. The number of imidazole rings is 1. The van der Waals surface area contributed by atoms with E-state index in [0.717, 1.165) is 6.42 Å². The fraction of sp³-hybridized carbons (Fsp3) is 0.278. The van der Waals surface area contributed by atoms with Crippen molar-refractivity contribution in [3.8, 4) is 0 Å². The van der Waals surface area contributed by atoms with Gasteiger partial charge < -0.3 is 15.1 Å². The third-order valence-electron chi connectivity index (χ3n) is 3.96. The van der Waals surface area contributed by atoms with Crippen molar-refractivity contribution in [3.05, 3.63) is 60.1 Å². The Kier molecular flexibility index (Phi) is 4.83. The molecular formula is C18H20N4O3. The molecule has 3 aromatic rings. The molecule has 0 saturated heterocycles. The molecule has 0 aliphatic heterocycles. The van der Waals surface area contributed by atoms with Gasteiger partial charge in [-0.15, -0.1) is 0 Å². The lowest BCUT2D eigenvalue weighted by Crippen LogP contribution is -2.32. The Morgan fingerprint density at radius 1 is 1.24 bits per heavy atom. The van der Waals surface area contributed by atoms with Crippen LogP contribution in [0, 0.1) is 0 Å². The second kappa shape index (κ2) is 7.21. The fourth-order valence-corrected chi connectivity index (χ4v) is 2.42. The van der Waals surface area contributed by atoms with E-state index in [4.69, 9.17) is 4.42 Å². The van der Waals surface area contributed by atoms with Gasteiger partial charge in [-0.25, -0.2) is 4.98 Å². The van der Waals surface area contributed by atoms with E-state index < -0.39 is 0 Å². The monoisotopic (exact) mass is 340 g/mol. The van der Waals surface area contributed by atoms with Crippen LogP contribution in [0.5, 0.6) is 0 Å². The number of hydrogen-bond donors (Lipinski definition) is 2. The number of furan rings is 1. The van der Waals surface area contributed by atoms with Crippen LogP contribution < -0.4 is 10.6 Å². The summed E-state index contributed by atoms with van der Waals surface area (Å²) >= 11 is 0. The van der Waals surface area contributed by atoms with E-state index in [9.17, 15) is 9.59 Å². The molecular weight excluding hydrogens is 320 g/mol. The van der Waals surface area contributed by atoms with Gasteiger partial charge in [0.15, 0.2) is 5.69 Å². The number of nitrogens with one attached hydrogen (secondary N) is 2. The summed E-state index contributed by atoms with van der Waals surface area (Å²) in [5.74, 6) is 0.142. The number of nitrogens with zero attached hydrogens (tertiary/aromatic N) is 2. The molecule has 0 bridgehead atoms.